The van der Waals surface area contributed by atoms with Gasteiger partial charge in [-0.25, -0.2) is 0 Å². The first kappa shape index (κ1) is 12.7. The SMILES string of the molecule is CCC(C)C=NC1=C(C)N(C)C(F)NC1=N. The van der Waals surface area contributed by atoms with E-state index < -0.39 is 6.42 Å². The molecule has 0 aliphatic carbocycles. The van der Waals surface area contributed by atoms with Crippen LogP contribution in [0.4, 0.5) is 4.39 Å². The summed E-state index contributed by atoms with van der Waals surface area (Å²) in [5, 5.41) is 10.1. The first-order valence-corrected chi connectivity index (χ1v) is 5.44. The van der Waals surface area contributed by atoms with Crippen LogP contribution in [0.2, 0.25) is 0 Å². The van der Waals surface area contributed by atoms with E-state index in [0.29, 0.717) is 17.3 Å². The molecular formula is C11H19FN4. The Morgan fingerprint density at radius 1 is 1.69 bits per heavy atom. The third kappa shape index (κ3) is 2.59. The fourth-order valence-electron chi connectivity index (χ4n) is 1.27. The summed E-state index contributed by atoms with van der Waals surface area (Å²) in [7, 11) is 1.64. The Hall–Kier alpha value is -1.39. The highest BCUT2D eigenvalue weighted by molar-refractivity contribution is 5.98. The summed E-state index contributed by atoms with van der Waals surface area (Å²) in [5.74, 6) is 0.407. The number of rotatable bonds is 3. The molecule has 4 nitrogen and oxygen atoms in total. The van der Waals surface area contributed by atoms with Crippen molar-refractivity contribution in [3.8, 4) is 0 Å². The van der Waals surface area contributed by atoms with E-state index >= 15 is 0 Å². The van der Waals surface area contributed by atoms with E-state index in [1.807, 2.05) is 0 Å². The van der Waals surface area contributed by atoms with Crippen LogP contribution in [0, 0.1) is 11.3 Å². The number of halogens is 1. The van der Waals surface area contributed by atoms with E-state index in [2.05, 4.69) is 24.2 Å². The minimum absolute atomic E-state index is 0.0441. The van der Waals surface area contributed by atoms with Gasteiger partial charge in [-0.15, -0.1) is 0 Å². The molecule has 5 heteroatoms. The van der Waals surface area contributed by atoms with Gasteiger partial charge in [0, 0.05) is 19.0 Å². The highest BCUT2D eigenvalue weighted by Crippen LogP contribution is 2.18. The summed E-state index contributed by atoms with van der Waals surface area (Å²) in [5.41, 5.74) is 1.19. The smallest absolute Gasteiger partial charge is 0.248 e. The fourth-order valence-corrected chi connectivity index (χ4v) is 1.27. The molecule has 0 bridgehead atoms. The molecule has 0 saturated carbocycles. The highest BCUT2D eigenvalue weighted by Gasteiger charge is 2.25. The average Bonchev–Trinajstić information content (AvgIpc) is 2.25. The second-order valence-corrected chi connectivity index (χ2v) is 4.06. The van der Waals surface area contributed by atoms with Crippen LogP contribution in [-0.4, -0.2) is 30.4 Å². The van der Waals surface area contributed by atoms with Gasteiger partial charge in [-0.3, -0.25) is 10.4 Å². The van der Waals surface area contributed by atoms with Crippen molar-refractivity contribution in [1.82, 2.24) is 10.2 Å². The highest BCUT2D eigenvalue weighted by atomic mass is 19.1. The lowest BCUT2D eigenvalue weighted by Crippen LogP contribution is -2.47. The van der Waals surface area contributed by atoms with Crippen LogP contribution in [0.15, 0.2) is 16.4 Å². The zero-order valence-corrected chi connectivity index (χ0v) is 10.2. The quantitative estimate of drug-likeness (QED) is 0.572. The first-order chi connectivity index (χ1) is 7.47. The number of nitrogens with one attached hydrogen (secondary N) is 2. The summed E-state index contributed by atoms with van der Waals surface area (Å²) < 4.78 is 13.3. The topological polar surface area (TPSA) is 51.5 Å². The van der Waals surface area contributed by atoms with Crippen LogP contribution in [0.3, 0.4) is 0 Å². The number of hydrogen-bond acceptors (Lipinski definition) is 3. The Morgan fingerprint density at radius 2 is 2.31 bits per heavy atom. The van der Waals surface area contributed by atoms with Crippen LogP contribution in [0.5, 0.6) is 0 Å². The van der Waals surface area contributed by atoms with E-state index in [9.17, 15) is 4.39 Å². The molecule has 0 spiro atoms. The zero-order valence-electron chi connectivity index (χ0n) is 10.2. The van der Waals surface area contributed by atoms with Gasteiger partial charge < -0.3 is 10.2 Å². The fraction of sp³-hybridized carbons (Fsp3) is 0.636. The van der Waals surface area contributed by atoms with Crippen molar-refractivity contribution in [3.63, 3.8) is 0 Å². The number of alkyl halides is 1. The normalized spacial score (nSPS) is 23.9. The molecule has 0 saturated heterocycles. The molecule has 1 aliphatic heterocycles. The van der Waals surface area contributed by atoms with E-state index in [-0.39, 0.29) is 5.84 Å². The second kappa shape index (κ2) is 5.09. The maximum absolute atomic E-state index is 13.3. The van der Waals surface area contributed by atoms with Crippen molar-refractivity contribution in [2.45, 2.75) is 33.6 Å². The van der Waals surface area contributed by atoms with Crippen LogP contribution < -0.4 is 5.32 Å². The standard InChI is InChI=1S/C11H19FN4/c1-5-7(2)6-14-9-8(3)16(4)11(12)15-10(9)13/h6-7,11H,5H2,1-4H3,(H2,13,15). The summed E-state index contributed by atoms with van der Waals surface area (Å²) in [4.78, 5) is 5.69. The average molecular weight is 226 g/mol. The monoisotopic (exact) mass is 226 g/mol. The van der Waals surface area contributed by atoms with Gasteiger partial charge in [0.15, 0.2) is 0 Å². The lowest BCUT2D eigenvalue weighted by atomic mass is 10.1. The number of amidine groups is 1. The summed E-state index contributed by atoms with van der Waals surface area (Å²) in [6.07, 6.45) is 1.47. The molecule has 0 aromatic rings. The molecule has 0 aromatic carbocycles. The molecule has 1 heterocycles. The number of aliphatic imine (C=N–C) groups is 1. The van der Waals surface area contributed by atoms with Crippen molar-refractivity contribution in [3.05, 3.63) is 11.4 Å². The van der Waals surface area contributed by atoms with E-state index in [4.69, 9.17) is 5.41 Å². The molecule has 1 aliphatic rings. The predicted molar refractivity (Wildman–Crippen MR) is 64.2 cm³/mol. The zero-order chi connectivity index (χ0) is 12.3. The van der Waals surface area contributed by atoms with Gasteiger partial charge in [-0.2, -0.15) is 4.39 Å². The molecule has 2 atom stereocenters. The third-order valence-corrected chi connectivity index (χ3v) is 2.81. The third-order valence-electron chi connectivity index (χ3n) is 2.81. The Balaban J connectivity index is 2.92. The Morgan fingerprint density at radius 3 is 2.88 bits per heavy atom. The Labute approximate surface area is 95.7 Å². The molecule has 2 N–H and O–H groups in total. The van der Waals surface area contributed by atoms with E-state index in [0.717, 1.165) is 6.42 Å². The molecular weight excluding hydrogens is 207 g/mol. The van der Waals surface area contributed by atoms with Crippen LogP contribution in [-0.2, 0) is 0 Å². The lowest BCUT2D eigenvalue weighted by Gasteiger charge is -2.31. The van der Waals surface area contributed by atoms with Crippen molar-refractivity contribution >= 4 is 12.1 Å². The molecule has 0 amide bonds. The maximum atomic E-state index is 13.3. The second-order valence-electron chi connectivity index (χ2n) is 4.06. The molecule has 90 valence electrons. The maximum Gasteiger partial charge on any atom is 0.248 e. The number of nitrogens with zero attached hydrogens (tertiary/aromatic N) is 2. The Bertz CT molecular complexity index is 335. The molecule has 0 radical (unpaired) electrons. The van der Waals surface area contributed by atoms with Crippen molar-refractivity contribution < 1.29 is 4.39 Å². The Kier molecular flexibility index (Phi) is 4.04. The summed E-state index contributed by atoms with van der Waals surface area (Å²) in [6, 6.07) is 0. The lowest BCUT2D eigenvalue weighted by molar-refractivity contribution is 0.123. The predicted octanol–water partition coefficient (Wildman–Crippen LogP) is 2.10. The summed E-state index contributed by atoms with van der Waals surface area (Å²) in [6.45, 7) is 5.90. The van der Waals surface area contributed by atoms with Crippen molar-refractivity contribution in [1.29, 1.82) is 5.41 Å². The largest absolute Gasteiger partial charge is 0.330 e. The van der Waals surface area contributed by atoms with E-state index in [1.54, 1.807) is 20.2 Å². The van der Waals surface area contributed by atoms with Gasteiger partial charge >= 0.3 is 0 Å². The minimum atomic E-state index is -1.34. The van der Waals surface area contributed by atoms with Gasteiger partial charge in [0.25, 0.3) is 0 Å². The first-order valence-electron chi connectivity index (χ1n) is 5.44. The number of allylic oxidation sites excluding steroid dienone is 1. The molecule has 0 fully saturated rings. The number of hydrogen-bond donors (Lipinski definition) is 2. The van der Waals surface area contributed by atoms with Crippen LogP contribution in [0.25, 0.3) is 0 Å². The van der Waals surface area contributed by atoms with Crippen LogP contribution in [0.1, 0.15) is 27.2 Å². The van der Waals surface area contributed by atoms with Crippen molar-refractivity contribution in [2.24, 2.45) is 10.9 Å². The van der Waals surface area contributed by atoms with Gasteiger partial charge in [-0.1, -0.05) is 13.8 Å². The van der Waals surface area contributed by atoms with Crippen molar-refractivity contribution in [2.75, 3.05) is 7.05 Å². The van der Waals surface area contributed by atoms with Gasteiger partial charge in [-0.05, 0) is 19.3 Å². The van der Waals surface area contributed by atoms with Gasteiger partial charge in [0.05, 0.1) is 0 Å². The van der Waals surface area contributed by atoms with E-state index in [1.165, 1.54) is 4.90 Å². The van der Waals surface area contributed by atoms with Crippen LogP contribution >= 0.6 is 0 Å². The van der Waals surface area contributed by atoms with Gasteiger partial charge in [0.1, 0.15) is 11.5 Å². The molecule has 2 unspecified atom stereocenters. The van der Waals surface area contributed by atoms with Gasteiger partial charge in [0.2, 0.25) is 6.42 Å². The molecule has 0 aromatic heterocycles. The summed E-state index contributed by atoms with van der Waals surface area (Å²) >= 11 is 0. The minimum Gasteiger partial charge on any atom is -0.330 e. The molecule has 1 rings (SSSR count). The molecule has 16 heavy (non-hydrogen) atoms.